The van der Waals surface area contributed by atoms with E-state index >= 15 is 0 Å². The predicted molar refractivity (Wildman–Crippen MR) is 107 cm³/mol. The number of aromatic carboxylic acids is 1. The number of hydrogen-bond acceptors (Lipinski definition) is 3. The fourth-order valence-corrected chi connectivity index (χ4v) is 4.17. The van der Waals surface area contributed by atoms with E-state index < -0.39 is 5.97 Å². The molecule has 4 rings (SSSR count). The van der Waals surface area contributed by atoms with Gasteiger partial charge >= 0.3 is 5.97 Å². The van der Waals surface area contributed by atoms with Crippen LogP contribution in [0.2, 0.25) is 5.02 Å². The van der Waals surface area contributed by atoms with Crippen molar-refractivity contribution >= 4 is 28.5 Å². The smallest absolute Gasteiger partial charge is 0.337 e. The van der Waals surface area contributed by atoms with E-state index in [1.54, 1.807) is 18.3 Å². The largest absolute Gasteiger partial charge is 0.478 e. The number of piperidine rings is 1. The maximum Gasteiger partial charge on any atom is 0.337 e. The molecule has 4 nitrogen and oxygen atoms in total. The molecule has 1 aromatic heterocycles. The van der Waals surface area contributed by atoms with Crippen molar-refractivity contribution in [2.45, 2.75) is 25.3 Å². The Morgan fingerprint density at radius 3 is 2.67 bits per heavy atom. The number of aromatic nitrogens is 1. The molecule has 0 unspecified atom stereocenters. The van der Waals surface area contributed by atoms with Crippen LogP contribution < -0.4 is 0 Å². The van der Waals surface area contributed by atoms with Crippen LogP contribution >= 0.6 is 11.6 Å². The van der Waals surface area contributed by atoms with Gasteiger partial charge in [0.15, 0.2) is 0 Å². The van der Waals surface area contributed by atoms with Crippen molar-refractivity contribution in [3.05, 3.63) is 76.4 Å². The van der Waals surface area contributed by atoms with E-state index in [9.17, 15) is 9.90 Å². The second kappa shape index (κ2) is 7.67. The second-order valence-corrected chi connectivity index (χ2v) is 7.52. The van der Waals surface area contributed by atoms with Gasteiger partial charge in [0.1, 0.15) is 0 Å². The summed E-state index contributed by atoms with van der Waals surface area (Å²) in [5.41, 5.74) is 3.28. The third kappa shape index (κ3) is 3.82. The van der Waals surface area contributed by atoms with E-state index in [-0.39, 0.29) is 5.56 Å². The molecule has 0 radical (unpaired) electrons. The normalized spacial score (nSPS) is 15.9. The highest BCUT2D eigenvalue weighted by molar-refractivity contribution is 6.30. The zero-order chi connectivity index (χ0) is 18.8. The summed E-state index contributed by atoms with van der Waals surface area (Å²) in [6.07, 6.45) is 3.91. The maximum atomic E-state index is 11.5. The number of hydrogen-bond donors (Lipinski definition) is 1. The highest BCUT2D eigenvalue weighted by Gasteiger charge is 2.21. The molecule has 0 atom stereocenters. The number of carboxylic acids is 1. The third-order valence-electron chi connectivity index (χ3n) is 5.39. The number of fused-ring (bicyclic) bond motifs is 1. The molecular weight excluding hydrogens is 360 g/mol. The van der Waals surface area contributed by atoms with Crippen molar-refractivity contribution in [1.29, 1.82) is 0 Å². The Hall–Kier alpha value is -2.43. The summed E-state index contributed by atoms with van der Waals surface area (Å²) in [7, 11) is 0. The summed E-state index contributed by atoms with van der Waals surface area (Å²) < 4.78 is 0. The Bertz CT molecular complexity index is 981. The van der Waals surface area contributed by atoms with Crippen LogP contribution in [0.4, 0.5) is 0 Å². The molecule has 0 amide bonds. The molecule has 0 aliphatic carbocycles. The summed E-state index contributed by atoms with van der Waals surface area (Å²) in [6.45, 7) is 2.84. The first kappa shape index (κ1) is 18.0. The van der Waals surface area contributed by atoms with Crippen LogP contribution in [-0.4, -0.2) is 34.0 Å². The summed E-state index contributed by atoms with van der Waals surface area (Å²) in [6, 6.07) is 15.5. The third-order valence-corrected chi connectivity index (χ3v) is 5.63. The van der Waals surface area contributed by atoms with Gasteiger partial charge in [-0.1, -0.05) is 35.9 Å². The fraction of sp³-hybridized carbons (Fsp3) is 0.273. The molecule has 1 N–H and O–H groups in total. The number of carboxylic acid groups (broad SMARTS) is 1. The lowest BCUT2D eigenvalue weighted by Crippen LogP contribution is -2.32. The molecule has 0 spiro atoms. The van der Waals surface area contributed by atoms with E-state index in [1.165, 1.54) is 5.56 Å². The van der Waals surface area contributed by atoms with Crippen molar-refractivity contribution in [2.75, 3.05) is 13.1 Å². The van der Waals surface area contributed by atoms with E-state index in [0.717, 1.165) is 48.4 Å². The zero-order valence-electron chi connectivity index (χ0n) is 14.9. The Labute approximate surface area is 163 Å². The maximum absolute atomic E-state index is 11.5. The van der Waals surface area contributed by atoms with E-state index in [0.29, 0.717) is 11.4 Å². The molecule has 27 heavy (non-hydrogen) atoms. The number of nitrogens with zero attached hydrogens (tertiary/aromatic N) is 2. The minimum Gasteiger partial charge on any atom is -0.478 e. The average Bonchev–Trinajstić information content (AvgIpc) is 2.68. The van der Waals surface area contributed by atoms with Crippen LogP contribution in [0.25, 0.3) is 10.9 Å². The van der Waals surface area contributed by atoms with Gasteiger partial charge in [0.25, 0.3) is 0 Å². The molecule has 3 aromatic rings. The molecule has 1 saturated heterocycles. The Kier molecular flexibility index (Phi) is 5.10. The number of pyridine rings is 1. The van der Waals surface area contributed by atoms with Gasteiger partial charge in [-0.2, -0.15) is 0 Å². The predicted octanol–water partition coefficient (Wildman–Crippen LogP) is 4.97. The van der Waals surface area contributed by atoms with Gasteiger partial charge in [-0.3, -0.25) is 9.88 Å². The lowest BCUT2D eigenvalue weighted by molar-refractivity contribution is 0.0699. The molecule has 2 aromatic carbocycles. The molecular formula is C22H21ClN2O2. The highest BCUT2D eigenvalue weighted by Crippen LogP contribution is 2.31. The topological polar surface area (TPSA) is 53.4 Å². The molecule has 2 heterocycles. The van der Waals surface area contributed by atoms with E-state index in [4.69, 9.17) is 11.6 Å². The Morgan fingerprint density at radius 1 is 1.15 bits per heavy atom. The molecule has 1 aliphatic heterocycles. The van der Waals surface area contributed by atoms with Gasteiger partial charge < -0.3 is 5.11 Å². The van der Waals surface area contributed by atoms with Crippen LogP contribution in [0.1, 0.15) is 40.2 Å². The van der Waals surface area contributed by atoms with E-state index in [1.807, 2.05) is 24.3 Å². The van der Waals surface area contributed by atoms with Crippen molar-refractivity contribution in [3.8, 4) is 0 Å². The molecule has 1 aliphatic rings. The van der Waals surface area contributed by atoms with Gasteiger partial charge in [0, 0.05) is 23.2 Å². The molecule has 0 bridgehead atoms. The lowest BCUT2D eigenvalue weighted by atomic mass is 9.89. The van der Waals surface area contributed by atoms with Gasteiger partial charge in [-0.15, -0.1) is 0 Å². The highest BCUT2D eigenvalue weighted by atomic mass is 35.5. The van der Waals surface area contributed by atoms with Crippen molar-refractivity contribution < 1.29 is 9.90 Å². The quantitative estimate of drug-likeness (QED) is 0.694. The van der Waals surface area contributed by atoms with Crippen LogP contribution in [-0.2, 0) is 6.54 Å². The molecule has 138 valence electrons. The number of benzene rings is 2. The summed E-state index contributed by atoms with van der Waals surface area (Å²) in [5, 5.41) is 11.1. The molecule has 5 heteroatoms. The van der Waals surface area contributed by atoms with Crippen LogP contribution in [0.3, 0.4) is 0 Å². The lowest BCUT2D eigenvalue weighted by Gasteiger charge is -2.32. The Morgan fingerprint density at radius 2 is 1.93 bits per heavy atom. The molecule has 1 fully saturated rings. The first-order valence-electron chi connectivity index (χ1n) is 9.19. The van der Waals surface area contributed by atoms with Crippen LogP contribution in [0.15, 0.2) is 54.7 Å². The van der Waals surface area contributed by atoms with Gasteiger partial charge in [0.2, 0.25) is 0 Å². The number of likely N-dealkylation sites (tertiary alicyclic amines) is 1. The van der Waals surface area contributed by atoms with Crippen LogP contribution in [0, 0.1) is 0 Å². The van der Waals surface area contributed by atoms with Gasteiger partial charge in [-0.05, 0) is 67.2 Å². The number of para-hydroxylation sites is 1. The summed E-state index contributed by atoms with van der Waals surface area (Å²) >= 11 is 6.13. The fourth-order valence-electron chi connectivity index (χ4n) is 3.97. The average molecular weight is 381 g/mol. The standard InChI is InChI=1S/C22H21ClN2O2/c23-18-4-1-3-16(13-18)15-8-11-25(12-9-15)14-17-7-10-24-21-19(17)5-2-6-20(21)22(26)27/h1-7,10,13,15H,8-9,11-12,14H2,(H,26,27). The monoisotopic (exact) mass is 380 g/mol. The number of carbonyl (C=O) groups is 1. The number of rotatable bonds is 4. The Balaban J connectivity index is 1.49. The first-order valence-corrected chi connectivity index (χ1v) is 9.57. The zero-order valence-corrected chi connectivity index (χ0v) is 15.7. The molecule has 0 saturated carbocycles. The van der Waals surface area contributed by atoms with E-state index in [2.05, 4.69) is 22.0 Å². The SMILES string of the molecule is O=C(O)c1cccc2c(CN3CCC(c4cccc(Cl)c4)CC3)ccnc12. The van der Waals surface area contributed by atoms with Gasteiger partial charge in [-0.25, -0.2) is 4.79 Å². The minimum absolute atomic E-state index is 0.258. The minimum atomic E-state index is -0.937. The van der Waals surface area contributed by atoms with Crippen molar-refractivity contribution in [1.82, 2.24) is 9.88 Å². The van der Waals surface area contributed by atoms with Gasteiger partial charge in [0.05, 0.1) is 11.1 Å². The van der Waals surface area contributed by atoms with Crippen LogP contribution in [0.5, 0.6) is 0 Å². The summed E-state index contributed by atoms with van der Waals surface area (Å²) in [5.74, 6) is -0.389. The number of halogens is 1. The van der Waals surface area contributed by atoms with Crippen molar-refractivity contribution in [2.24, 2.45) is 0 Å². The summed E-state index contributed by atoms with van der Waals surface area (Å²) in [4.78, 5) is 18.2. The first-order chi connectivity index (χ1) is 13.1. The van der Waals surface area contributed by atoms with Crippen molar-refractivity contribution in [3.63, 3.8) is 0 Å². The second-order valence-electron chi connectivity index (χ2n) is 7.08.